The van der Waals surface area contributed by atoms with Crippen molar-refractivity contribution in [3.63, 3.8) is 0 Å². The molecule has 0 saturated heterocycles. The van der Waals surface area contributed by atoms with E-state index in [0.29, 0.717) is 26.0 Å². The Balaban J connectivity index is 2.32. The normalized spacial score (nSPS) is 10.1. The molecule has 0 radical (unpaired) electrons. The average Bonchev–Trinajstić information content (AvgIpc) is 2.67. The number of aromatic nitrogens is 2. The van der Waals surface area contributed by atoms with Gasteiger partial charge in [-0.05, 0) is 18.3 Å². The van der Waals surface area contributed by atoms with Gasteiger partial charge < -0.3 is 14.9 Å². The number of nitro groups is 1. The first-order valence-corrected chi connectivity index (χ1v) is 4.97. The summed E-state index contributed by atoms with van der Waals surface area (Å²) in [6, 6.07) is 1.32. The Labute approximate surface area is 92.2 Å². The largest absolute Gasteiger partial charge is 0.466 e. The number of carbonyl (C=O) groups is 1. The highest BCUT2D eigenvalue weighted by atomic mass is 16.6. The summed E-state index contributed by atoms with van der Waals surface area (Å²) in [6.45, 7) is 2.58. The molecular weight excluding hydrogens is 214 g/mol. The van der Waals surface area contributed by atoms with E-state index in [9.17, 15) is 14.9 Å². The van der Waals surface area contributed by atoms with E-state index < -0.39 is 4.92 Å². The zero-order chi connectivity index (χ0) is 12.0. The number of hydrogen-bond acceptors (Lipinski definition) is 5. The van der Waals surface area contributed by atoms with E-state index in [4.69, 9.17) is 4.74 Å². The summed E-state index contributed by atoms with van der Waals surface area (Å²) in [5.74, 6) is -0.444. The lowest BCUT2D eigenvalue weighted by Crippen LogP contribution is -2.06. The lowest BCUT2D eigenvalue weighted by molar-refractivity contribution is -0.389. The second-order valence-corrected chi connectivity index (χ2v) is 3.10. The Morgan fingerprint density at radius 2 is 2.44 bits per heavy atom. The first-order valence-electron chi connectivity index (χ1n) is 4.97. The third-order valence-corrected chi connectivity index (χ3v) is 1.89. The quantitative estimate of drug-likeness (QED) is 0.413. The van der Waals surface area contributed by atoms with Crippen LogP contribution in [0.1, 0.15) is 19.8 Å². The molecule has 0 aliphatic rings. The maximum absolute atomic E-state index is 11.0. The Kier molecular flexibility index (Phi) is 4.43. The minimum atomic E-state index is -0.554. The molecular formula is C9H13N3O4. The number of esters is 1. The van der Waals surface area contributed by atoms with Crippen LogP contribution < -0.4 is 0 Å². The smallest absolute Gasteiger partial charge is 0.389 e. The molecule has 0 bridgehead atoms. The van der Waals surface area contributed by atoms with Gasteiger partial charge in [0.1, 0.15) is 0 Å². The van der Waals surface area contributed by atoms with Gasteiger partial charge in [0, 0.05) is 6.42 Å². The Morgan fingerprint density at radius 3 is 3.00 bits per heavy atom. The van der Waals surface area contributed by atoms with Gasteiger partial charge in [-0.2, -0.15) is 4.68 Å². The number of ether oxygens (including phenoxy) is 1. The monoisotopic (exact) mass is 227 g/mol. The predicted molar refractivity (Wildman–Crippen MR) is 54.7 cm³/mol. The van der Waals surface area contributed by atoms with Crippen molar-refractivity contribution < 1.29 is 14.5 Å². The van der Waals surface area contributed by atoms with Gasteiger partial charge in [0.25, 0.3) is 0 Å². The summed E-state index contributed by atoms with van der Waals surface area (Å²) in [5, 5.41) is 14.1. The first-order chi connectivity index (χ1) is 7.63. The maximum atomic E-state index is 11.0. The molecule has 1 aromatic rings. The predicted octanol–water partition coefficient (Wildman–Crippen LogP) is 1.13. The highest BCUT2D eigenvalue weighted by Crippen LogP contribution is 2.06. The summed E-state index contributed by atoms with van der Waals surface area (Å²) in [4.78, 5) is 20.8. The van der Waals surface area contributed by atoms with Crippen LogP contribution in [0, 0.1) is 10.1 Å². The molecule has 16 heavy (non-hydrogen) atoms. The molecule has 1 heterocycles. The Morgan fingerprint density at radius 1 is 1.69 bits per heavy atom. The number of rotatable bonds is 6. The van der Waals surface area contributed by atoms with Crippen molar-refractivity contribution >= 4 is 11.8 Å². The number of aryl methyl sites for hydroxylation is 1. The molecule has 0 aliphatic carbocycles. The third-order valence-electron chi connectivity index (χ3n) is 1.89. The van der Waals surface area contributed by atoms with Gasteiger partial charge in [0.05, 0.1) is 30.5 Å². The summed E-state index contributed by atoms with van der Waals surface area (Å²) < 4.78 is 6.19. The Bertz CT molecular complexity index is 375. The van der Waals surface area contributed by atoms with Crippen molar-refractivity contribution in [1.29, 1.82) is 0 Å². The van der Waals surface area contributed by atoms with E-state index in [0.717, 1.165) is 0 Å². The van der Waals surface area contributed by atoms with Crippen LogP contribution in [0.4, 0.5) is 5.82 Å². The molecule has 1 aromatic heterocycles. The van der Waals surface area contributed by atoms with E-state index in [1.165, 1.54) is 16.9 Å². The minimum Gasteiger partial charge on any atom is -0.466 e. The van der Waals surface area contributed by atoms with Crippen molar-refractivity contribution in [2.75, 3.05) is 6.61 Å². The van der Waals surface area contributed by atoms with Crippen molar-refractivity contribution in [1.82, 2.24) is 9.78 Å². The summed E-state index contributed by atoms with van der Waals surface area (Å²) in [7, 11) is 0. The second kappa shape index (κ2) is 5.84. The summed E-state index contributed by atoms with van der Waals surface area (Å²) in [5.41, 5.74) is 0. The minimum absolute atomic E-state index is 0.184. The van der Waals surface area contributed by atoms with Gasteiger partial charge in [0.2, 0.25) is 0 Å². The topological polar surface area (TPSA) is 87.3 Å². The zero-order valence-electron chi connectivity index (χ0n) is 8.96. The Hall–Kier alpha value is -1.92. The molecule has 0 saturated carbocycles. The molecule has 0 aromatic carbocycles. The third kappa shape index (κ3) is 3.68. The van der Waals surface area contributed by atoms with Crippen LogP contribution in [0.5, 0.6) is 0 Å². The van der Waals surface area contributed by atoms with E-state index >= 15 is 0 Å². The number of carbonyl (C=O) groups excluding carboxylic acids is 1. The summed E-state index contributed by atoms with van der Waals surface area (Å²) in [6.07, 6.45) is 2.36. The molecule has 0 atom stereocenters. The van der Waals surface area contributed by atoms with Gasteiger partial charge >= 0.3 is 11.8 Å². The van der Waals surface area contributed by atoms with Crippen molar-refractivity contribution in [2.24, 2.45) is 0 Å². The van der Waals surface area contributed by atoms with Crippen LogP contribution >= 0.6 is 0 Å². The number of hydrogen-bond donors (Lipinski definition) is 0. The second-order valence-electron chi connectivity index (χ2n) is 3.10. The fraction of sp³-hybridized carbons (Fsp3) is 0.556. The summed E-state index contributed by atoms with van der Waals surface area (Å²) >= 11 is 0. The fourth-order valence-corrected chi connectivity index (χ4v) is 1.19. The average molecular weight is 227 g/mol. The van der Waals surface area contributed by atoms with Crippen molar-refractivity contribution in [3.05, 3.63) is 22.4 Å². The molecule has 0 aliphatic heterocycles. The lowest BCUT2D eigenvalue weighted by atomic mass is 10.3. The molecule has 0 N–H and O–H groups in total. The highest BCUT2D eigenvalue weighted by Gasteiger charge is 2.10. The molecule has 0 spiro atoms. The zero-order valence-corrected chi connectivity index (χ0v) is 8.96. The standard InChI is InChI=1S/C9H13N3O4/c1-2-16-9(13)4-3-6-11-7-5-8(10-11)12(14)15/h5,7H,2-4,6H2,1H3. The highest BCUT2D eigenvalue weighted by molar-refractivity contribution is 5.69. The van der Waals surface area contributed by atoms with E-state index in [1.807, 2.05) is 0 Å². The van der Waals surface area contributed by atoms with Crippen LogP contribution in [0.3, 0.4) is 0 Å². The molecule has 0 fully saturated rings. The molecule has 7 nitrogen and oxygen atoms in total. The fourth-order valence-electron chi connectivity index (χ4n) is 1.19. The van der Waals surface area contributed by atoms with Crippen LogP contribution in [-0.4, -0.2) is 27.3 Å². The van der Waals surface area contributed by atoms with E-state index in [-0.39, 0.29) is 11.8 Å². The van der Waals surface area contributed by atoms with E-state index in [2.05, 4.69) is 5.10 Å². The first kappa shape index (κ1) is 12.2. The van der Waals surface area contributed by atoms with Gasteiger partial charge in [-0.25, -0.2) is 0 Å². The van der Waals surface area contributed by atoms with Crippen LogP contribution in [-0.2, 0) is 16.1 Å². The molecule has 1 rings (SSSR count). The van der Waals surface area contributed by atoms with Gasteiger partial charge in [0.15, 0.2) is 0 Å². The van der Waals surface area contributed by atoms with Gasteiger partial charge in [-0.3, -0.25) is 4.79 Å². The van der Waals surface area contributed by atoms with Crippen LogP contribution in [0.2, 0.25) is 0 Å². The maximum Gasteiger partial charge on any atom is 0.389 e. The van der Waals surface area contributed by atoms with E-state index in [1.54, 1.807) is 6.92 Å². The van der Waals surface area contributed by atoms with Crippen LogP contribution in [0.15, 0.2) is 12.3 Å². The molecule has 88 valence electrons. The molecule has 0 amide bonds. The van der Waals surface area contributed by atoms with Crippen LogP contribution in [0.25, 0.3) is 0 Å². The van der Waals surface area contributed by atoms with Gasteiger partial charge in [-0.15, -0.1) is 0 Å². The molecule has 7 heteroatoms. The SMILES string of the molecule is CCOC(=O)CCCn1ccc([N+](=O)[O-])n1. The van der Waals surface area contributed by atoms with Gasteiger partial charge in [-0.1, -0.05) is 0 Å². The lowest BCUT2D eigenvalue weighted by Gasteiger charge is -1.99. The number of nitrogens with zero attached hydrogens (tertiary/aromatic N) is 3. The van der Waals surface area contributed by atoms with Crippen molar-refractivity contribution in [2.45, 2.75) is 26.3 Å². The van der Waals surface area contributed by atoms with Crippen molar-refractivity contribution in [3.8, 4) is 0 Å². The molecule has 0 unspecified atom stereocenters.